The van der Waals surface area contributed by atoms with Crippen molar-refractivity contribution in [1.29, 1.82) is 0 Å². The standard InChI is InChI=1S/C23H28N4O2/c1-16(2)29-21-12-17(3)10-11-19(21)13-25-23(24-4)26-14-20-15-28-22(27-20)18-8-6-5-7-9-18/h5-12,15-16H,13-14H2,1-4H3,(H2,24,25,26). The van der Waals surface area contributed by atoms with Crippen LogP contribution in [0.5, 0.6) is 5.75 Å². The third-order valence-corrected chi connectivity index (χ3v) is 4.26. The van der Waals surface area contributed by atoms with Crippen molar-refractivity contribution in [1.82, 2.24) is 15.6 Å². The summed E-state index contributed by atoms with van der Waals surface area (Å²) in [6, 6.07) is 16.1. The van der Waals surface area contributed by atoms with Gasteiger partial charge in [-0.25, -0.2) is 4.98 Å². The molecule has 1 aromatic heterocycles. The number of nitrogens with one attached hydrogen (secondary N) is 2. The van der Waals surface area contributed by atoms with Gasteiger partial charge in [-0.15, -0.1) is 0 Å². The lowest BCUT2D eigenvalue weighted by Gasteiger charge is -2.17. The molecule has 0 radical (unpaired) electrons. The van der Waals surface area contributed by atoms with Crippen LogP contribution in [-0.2, 0) is 13.1 Å². The molecule has 0 spiro atoms. The molecule has 2 aromatic carbocycles. The van der Waals surface area contributed by atoms with Crippen molar-refractivity contribution in [2.24, 2.45) is 4.99 Å². The Bertz CT molecular complexity index is 949. The Morgan fingerprint density at radius 1 is 1.10 bits per heavy atom. The number of aryl methyl sites for hydroxylation is 1. The summed E-state index contributed by atoms with van der Waals surface area (Å²) in [6.45, 7) is 7.24. The first kappa shape index (κ1) is 20.5. The van der Waals surface area contributed by atoms with Crippen LogP contribution in [0.3, 0.4) is 0 Å². The lowest BCUT2D eigenvalue weighted by atomic mass is 10.1. The zero-order chi connectivity index (χ0) is 20.6. The van der Waals surface area contributed by atoms with Gasteiger partial charge in [0.2, 0.25) is 5.89 Å². The van der Waals surface area contributed by atoms with Crippen LogP contribution in [-0.4, -0.2) is 24.1 Å². The van der Waals surface area contributed by atoms with Crippen LogP contribution < -0.4 is 15.4 Å². The lowest BCUT2D eigenvalue weighted by molar-refractivity contribution is 0.239. The highest BCUT2D eigenvalue weighted by atomic mass is 16.5. The SMILES string of the molecule is CN=C(NCc1coc(-c2ccccc2)n1)NCc1ccc(C)cc1OC(C)C. The molecular weight excluding hydrogens is 364 g/mol. The summed E-state index contributed by atoms with van der Waals surface area (Å²) in [5, 5.41) is 6.60. The average molecular weight is 393 g/mol. The van der Waals surface area contributed by atoms with E-state index in [1.54, 1.807) is 13.3 Å². The molecule has 29 heavy (non-hydrogen) atoms. The van der Waals surface area contributed by atoms with Gasteiger partial charge in [0.25, 0.3) is 0 Å². The van der Waals surface area contributed by atoms with Crippen LogP contribution in [0.2, 0.25) is 0 Å². The van der Waals surface area contributed by atoms with Gasteiger partial charge in [-0.2, -0.15) is 0 Å². The van der Waals surface area contributed by atoms with Crippen molar-refractivity contribution >= 4 is 5.96 Å². The fourth-order valence-electron chi connectivity index (χ4n) is 2.85. The molecule has 0 aliphatic carbocycles. The molecule has 0 aliphatic rings. The van der Waals surface area contributed by atoms with Crippen LogP contribution in [0.15, 0.2) is 64.2 Å². The molecule has 1 heterocycles. The number of hydrogen-bond donors (Lipinski definition) is 2. The number of nitrogens with zero attached hydrogens (tertiary/aromatic N) is 2. The number of oxazole rings is 1. The van der Waals surface area contributed by atoms with E-state index in [1.165, 1.54) is 5.56 Å². The maximum atomic E-state index is 5.94. The molecule has 0 saturated heterocycles. The number of rotatable bonds is 7. The molecule has 0 fully saturated rings. The number of guanidine groups is 1. The van der Waals surface area contributed by atoms with E-state index in [9.17, 15) is 0 Å². The first-order valence-corrected chi connectivity index (χ1v) is 9.75. The molecule has 0 unspecified atom stereocenters. The minimum atomic E-state index is 0.124. The Morgan fingerprint density at radius 3 is 2.59 bits per heavy atom. The van der Waals surface area contributed by atoms with E-state index in [0.29, 0.717) is 24.9 Å². The van der Waals surface area contributed by atoms with E-state index in [2.05, 4.69) is 45.7 Å². The van der Waals surface area contributed by atoms with E-state index < -0.39 is 0 Å². The molecule has 0 bridgehead atoms. The van der Waals surface area contributed by atoms with Gasteiger partial charge in [0, 0.05) is 24.7 Å². The minimum absolute atomic E-state index is 0.124. The summed E-state index contributed by atoms with van der Waals surface area (Å²) in [5.74, 6) is 2.19. The molecule has 6 nitrogen and oxygen atoms in total. The summed E-state index contributed by atoms with van der Waals surface area (Å²) < 4.78 is 11.5. The Balaban J connectivity index is 1.58. The Labute approximate surface area is 172 Å². The Morgan fingerprint density at radius 2 is 1.86 bits per heavy atom. The Hall–Kier alpha value is -3.28. The van der Waals surface area contributed by atoms with Crippen LogP contribution in [0.25, 0.3) is 11.5 Å². The number of benzene rings is 2. The monoisotopic (exact) mass is 392 g/mol. The number of ether oxygens (including phenoxy) is 1. The van der Waals surface area contributed by atoms with Gasteiger partial charge in [0.05, 0.1) is 18.3 Å². The summed E-state index contributed by atoms with van der Waals surface area (Å²) in [6.07, 6.45) is 1.79. The fourth-order valence-corrected chi connectivity index (χ4v) is 2.85. The van der Waals surface area contributed by atoms with Gasteiger partial charge in [-0.1, -0.05) is 30.3 Å². The highest BCUT2D eigenvalue weighted by molar-refractivity contribution is 5.79. The zero-order valence-electron chi connectivity index (χ0n) is 17.4. The topological polar surface area (TPSA) is 71.7 Å². The number of aromatic nitrogens is 1. The van der Waals surface area contributed by atoms with Gasteiger partial charge in [-0.3, -0.25) is 4.99 Å². The summed E-state index contributed by atoms with van der Waals surface area (Å²) in [5.41, 5.74) is 4.02. The van der Waals surface area contributed by atoms with E-state index >= 15 is 0 Å². The van der Waals surface area contributed by atoms with E-state index in [-0.39, 0.29) is 6.10 Å². The van der Waals surface area contributed by atoms with Crippen LogP contribution in [0.1, 0.15) is 30.7 Å². The smallest absolute Gasteiger partial charge is 0.226 e. The zero-order valence-corrected chi connectivity index (χ0v) is 17.4. The predicted molar refractivity (Wildman–Crippen MR) is 116 cm³/mol. The van der Waals surface area contributed by atoms with Gasteiger partial charge in [0.15, 0.2) is 5.96 Å². The lowest BCUT2D eigenvalue weighted by Crippen LogP contribution is -2.36. The molecule has 3 aromatic rings. The molecule has 0 saturated carbocycles. The van der Waals surface area contributed by atoms with Crippen molar-refractivity contribution in [3.8, 4) is 17.2 Å². The largest absolute Gasteiger partial charge is 0.491 e. The summed E-state index contributed by atoms with van der Waals surface area (Å²) in [7, 11) is 1.74. The van der Waals surface area contributed by atoms with Gasteiger partial charge in [-0.05, 0) is 44.5 Å². The molecule has 152 valence electrons. The summed E-state index contributed by atoms with van der Waals surface area (Å²) >= 11 is 0. The quantitative estimate of drug-likeness (QED) is 0.463. The molecule has 2 N–H and O–H groups in total. The fraction of sp³-hybridized carbons (Fsp3) is 0.304. The van der Waals surface area contributed by atoms with Crippen molar-refractivity contribution in [2.45, 2.75) is 40.0 Å². The van der Waals surface area contributed by atoms with Crippen LogP contribution in [0.4, 0.5) is 0 Å². The van der Waals surface area contributed by atoms with Crippen molar-refractivity contribution in [2.75, 3.05) is 7.05 Å². The second kappa shape index (κ2) is 9.78. The number of hydrogen-bond acceptors (Lipinski definition) is 4. The van der Waals surface area contributed by atoms with Gasteiger partial charge in [0.1, 0.15) is 12.0 Å². The maximum absolute atomic E-state index is 5.94. The first-order chi connectivity index (χ1) is 14.0. The third kappa shape index (κ3) is 5.85. The van der Waals surface area contributed by atoms with Gasteiger partial charge >= 0.3 is 0 Å². The van der Waals surface area contributed by atoms with E-state index in [4.69, 9.17) is 9.15 Å². The molecule has 6 heteroatoms. The van der Waals surface area contributed by atoms with Crippen molar-refractivity contribution in [3.63, 3.8) is 0 Å². The third-order valence-electron chi connectivity index (χ3n) is 4.26. The highest BCUT2D eigenvalue weighted by Crippen LogP contribution is 2.21. The minimum Gasteiger partial charge on any atom is -0.491 e. The second-order valence-corrected chi connectivity index (χ2v) is 7.07. The summed E-state index contributed by atoms with van der Waals surface area (Å²) in [4.78, 5) is 8.82. The molecular formula is C23H28N4O2. The molecule has 0 atom stereocenters. The van der Waals surface area contributed by atoms with Crippen LogP contribution in [0, 0.1) is 6.92 Å². The second-order valence-electron chi connectivity index (χ2n) is 7.07. The van der Waals surface area contributed by atoms with Crippen LogP contribution >= 0.6 is 0 Å². The van der Waals surface area contributed by atoms with Crippen molar-refractivity contribution in [3.05, 3.63) is 71.6 Å². The van der Waals surface area contributed by atoms with E-state index in [1.807, 2.05) is 44.2 Å². The van der Waals surface area contributed by atoms with Crippen molar-refractivity contribution < 1.29 is 9.15 Å². The molecule has 0 aliphatic heterocycles. The predicted octanol–water partition coefficient (Wildman–Crippen LogP) is 4.30. The maximum Gasteiger partial charge on any atom is 0.226 e. The Kier molecular flexibility index (Phi) is 6.89. The average Bonchev–Trinajstić information content (AvgIpc) is 3.19. The molecule has 3 rings (SSSR count). The molecule has 0 amide bonds. The van der Waals surface area contributed by atoms with E-state index in [0.717, 1.165) is 22.6 Å². The number of aliphatic imine (C=N–C) groups is 1. The highest BCUT2D eigenvalue weighted by Gasteiger charge is 2.09. The normalized spacial score (nSPS) is 11.6. The first-order valence-electron chi connectivity index (χ1n) is 9.75. The van der Waals surface area contributed by atoms with Gasteiger partial charge < -0.3 is 19.8 Å².